The number of benzene rings is 1. The van der Waals surface area contributed by atoms with Crippen LogP contribution in [0, 0.1) is 5.41 Å². The van der Waals surface area contributed by atoms with Gasteiger partial charge >= 0.3 is 11.6 Å². The molecule has 0 spiro atoms. The number of fused-ring (bicyclic) bond motifs is 1. The lowest BCUT2D eigenvalue weighted by Crippen LogP contribution is -2.30. The minimum Gasteiger partial charge on any atom is -0.459 e. The number of hydrogen-bond donors (Lipinski definition) is 1. The zero-order chi connectivity index (χ0) is 19.6. The van der Waals surface area contributed by atoms with Gasteiger partial charge in [-0.3, -0.25) is 4.79 Å². The first-order valence-corrected chi connectivity index (χ1v) is 8.84. The Labute approximate surface area is 156 Å². The van der Waals surface area contributed by atoms with Crippen LogP contribution < -0.4 is 5.63 Å². The highest BCUT2D eigenvalue weighted by Crippen LogP contribution is 2.34. The van der Waals surface area contributed by atoms with Gasteiger partial charge in [-0.2, -0.15) is 0 Å². The zero-order valence-electron chi connectivity index (χ0n) is 15.4. The van der Waals surface area contributed by atoms with Gasteiger partial charge in [0, 0.05) is 24.8 Å². The van der Waals surface area contributed by atoms with Gasteiger partial charge in [0.2, 0.25) is 0 Å². The van der Waals surface area contributed by atoms with Crippen LogP contribution in [0.25, 0.3) is 0 Å². The van der Waals surface area contributed by atoms with E-state index >= 15 is 0 Å². The van der Waals surface area contributed by atoms with Crippen LogP contribution in [-0.2, 0) is 17.6 Å². The summed E-state index contributed by atoms with van der Waals surface area (Å²) in [4.78, 5) is 36.4. The molecule has 1 aromatic heterocycles. The number of carbonyl (C=O) groups excluding carboxylic acids is 2. The van der Waals surface area contributed by atoms with E-state index in [0.717, 1.165) is 0 Å². The second kappa shape index (κ2) is 7.48. The fourth-order valence-electron chi connectivity index (χ4n) is 3.22. The summed E-state index contributed by atoms with van der Waals surface area (Å²) in [6.45, 7) is 3.64. The van der Waals surface area contributed by atoms with Gasteiger partial charge in [-0.05, 0) is 23.6 Å². The average Bonchev–Trinajstić information content (AvgIpc) is 2.61. The summed E-state index contributed by atoms with van der Waals surface area (Å²) in [7, 11) is 0. The molecule has 3 rings (SSSR count). The molecule has 1 aromatic carbocycles. The summed E-state index contributed by atoms with van der Waals surface area (Å²) in [6.07, 6.45) is -0.242. The third-order valence-electron chi connectivity index (χ3n) is 4.55. The van der Waals surface area contributed by atoms with Crippen molar-refractivity contribution < 1.29 is 23.8 Å². The van der Waals surface area contributed by atoms with Crippen LogP contribution in [0.1, 0.15) is 52.3 Å². The Balaban J connectivity index is 1.67. The Morgan fingerprint density at radius 1 is 1.22 bits per heavy atom. The topological polar surface area (TPSA) is 93.8 Å². The predicted molar refractivity (Wildman–Crippen MR) is 97.8 cm³/mol. The van der Waals surface area contributed by atoms with Crippen LogP contribution in [-0.4, -0.2) is 29.6 Å². The second-order valence-electron chi connectivity index (χ2n) is 7.66. The molecule has 1 heterocycles. The average molecular weight is 370 g/mol. The minimum atomic E-state index is -1.08. The van der Waals surface area contributed by atoms with Crippen LogP contribution in [0.2, 0.25) is 0 Å². The number of ketones is 1. The Morgan fingerprint density at radius 2 is 1.93 bits per heavy atom. The van der Waals surface area contributed by atoms with E-state index < -0.39 is 17.7 Å². The maximum absolute atomic E-state index is 12.3. The van der Waals surface area contributed by atoms with Gasteiger partial charge in [-0.1, -0.05) is 32.0 Å². The zero-order valence-corrected chi connectivity index (χ0v) is 15.4. The van der Waals surface area contributed by atoms with Crippen molar-refractivity contribution >= 4 is 11.8 Å². The first-order chi connectivity index (χ1) is 12.7. The number of Topliss-reactive ketones (excluding diaryl/α,β-unsaturated/α-hetero) is 1. The molecule has 2 aromatic rings. The van der Waals surface area contributed by atoms with E-state index in [4.69, 9.17) is 9.15 Å². The standard InChI is InChI=1S/C21H22O6/c1-21(2)10-17(23)16-9-14(20(25)27-18(16)11-21)8-15(22)12-26-19(24)13-6-4-3-5-7-13/h3-7,9,15,22H,8,10-12H2,1-2H3/t15-/m0/s1. The quantitative estimate of drug-likeness (QED) is 0.813. The highest BCUT2D eigenvalue weighted by Gasteiger charge is 2.33. The number of carbonyl (C=O) groups is 2. The van der Waals surface area contributed by atoms with Crippen molar-refractivity contribution in [3.63, 3.8) is 0 Å². The van der Waals surface area contributed by atoms with Gasteiger partial charge in [0.1, 0.15) is 12.4 Å². The van der Waals surface area contributed by atoms with Crippen LogP contribution in [0.4, 0.5) is 0 Å². The van der Waals surface area contributed by atoms with Crippen molar-refractivity contribution in [2.45, 2.75) is 39.2 Å². The first-order valence-electron chi connectivity index (χ1n) is 8.84. The molecule has 0 unspecified atom stereocenters. The lowest BCUT2D eigenvalue weighted by molar-refractivity contribution is 0.0257. The Hall–Kier alpha value is -2.73. The van der Waals surface area contributed by atoms with Crippen LogP contribution in [0.3, 0.4) is 0 Å². The number of aliphatic hydroxyl groups excluding tert-OH is 1. The Bertz CT molecular complexity index is 910. The molecule has 6 heteroatoms. The molecule has 1 atom stereocenters. The summed E-state index contributed by atoms with van der Waals surface area (Å²) in [5.74, 6) is -0.226. The van der Waals surface area contributed by atoms with Crippen molar-refractivity contribution in [3.05, 3.63) is 69.3 Å². The molecule has 0 saturated heterocycles. The highest BCUT2D eigenvalue weighted by atomic mass is 16.5. The molecule has 0 amide bonds. The molecule has 6 nitrogen and oxygen atoms in total. The first kappa shape index (κ1) is 19.0. The van der Waals surface area contributed by atoms with Crippen LogP contribution >= 0.6 is 0 Å². The largest absolute Gasteiger partial charge is 0.459 e. The lowest BCUT2D eigenvalue weighted by atomic mass is 9.76. The van der Waals surface area contributed by atoms with Gasteiger partial charge < -0.3 is 14.3 Å². The number of aliphatic hydroxyl groups is 1. The monoisotopic (exact) mass is 370 g/mol. The van der Waals surface area contributed by atoms with E-state index in [1.54, 1.807) is 30.3 Å². The van der Waals surface area contributed by atoms with E-state index in [0.29, 0.717) is 29.7 Å². The van der Waals surface area contributed by atoms with Gasteiger partial charge in [0.15, 0.2) is 5.78 Å². The SMILES string of the molecule is CC1(C)CC(=O)c2cc(C[C@H](O)COC(=O)c3ccccc3)c(=O)oc2C1. The van der Waals surface area contributed by atoms with E-state index in [2.05, 4.69) is 0 Å². The highest BCUT2D eigenvalue weighted by molar-refractivity contribution is 5.98. The second-order valence-corrected chi connectivity index (χ2v) is 7.66. The van der Waals surface area contributed by atoms with Crippen LogP contribution in [0.15, 0.2) is 45.6 Å². The number of ether oxygens (including phenoxy) is 1. The molecular formula is C21H22O6. The molecule has 0 saturated carbocycles. The molecule has 1 aliphatic rings. The van der Waals surface area contributed by atoms with E-state index in [9.17, 15) is 19.5 Å². The van der Waals surface area contributed by atoms with E-state index in [1.807, 2.05) is 13.8 Å². The molecular weight excluding hydrogens is 348 g/mol. The lowest BCUT2D eigenvalue weighted by Gasteiger charge is -2.28. The summed E-state index contributed by atoms with van der Waals surface area (Å²) in [5, 5.41) is 10.1. The normalized spacial score (nSPS) is 16.5. The number of rotatable bonds is 5. The third kappa shape index (κ3) is 4.52. The summed E-state index contributed by atoms with van der Waals surface area (Å²) in [5.41, 5.74) is 0.161. The smallest absolute Gasteiger partial charge is 0.339 e. The maximum Gasteiger partial charge on any atom is 0.339 e. The van der Waals surface area contributed by atoms with Gasteiger partial charge in [-0.15, -0.1) is 0 Å². The van der Waals surface area contributed by atoms with Gasteiger partial charge in [0.25, 0.3) is 0 Å². The van der Waals surface area contributed by atoms with Crippen molar-refractivity contribution in [2.75, 3.05) is 6.61 Å². The predicted octanol–water partition coefficient (Wildman–Crippen LogP) is 2.56. The van der Waals surface area contributed by atoms with Crippen molar-refractivity contribution in [1.29, 1.82) is 0 Å². The van der Waals surface area contributed by atoms with Crippen LogP contribution in [0.5, 0.6) is 0 Å². The van der Waals surface area contributed by atoms with Gasteiger partial charge in [-0.25, -0.2) is 9.59 Å². The summed E-state index contributed by atoms with van der Waals surface area (Å²) >= 11 is 0. The fraction of sp³-hybridized carbons (Fsp3) is 0.381. The molecule has 0 radical (unpaired) electrons. The molecule has 0 bridgehead atoms. The van der Waals surface area contributed by atoms with E-state index in [-0.39, 0.29) is 29.8 Å². The Morgan fingerprint density at radius 3 is 2.63 bits per heavy atom. The van der Waals surface area contributed by atoms with Crippen molar-refractivity contribution in [2.24, 2.45) is 5.41 Å². The summed E-state index contributed by atoms with van der Waals surface area (Å²) < 4.78 is 10.4. The molecule has 142 valence electrons. The van der Waals surface area contributed by atoms with Crippen molar-refractivity contribution in [3.8, 4) is 0 Å². The minimum absolute atomic E-state index is 0.0612. The van der Waals surface area contributed by atoms with Crippen molar-refractivity contribution in [1.82, 2.24) is 0 Å². The molecule has 27 heavy (non-hydrogen) atoms. The molecule has 1 aliphatic carbocycles. The van der Waals surface area contributed by atoms with E-state index in [1.165, 1.54) is 6.07 Å². The fourth-order valence-corrected chi connectivity index (χ4v) is 3.22. The maximum atomic E-state index is 12.3. The molecule has 0 aliphatic heterocycles. The third-order valence-corrected chi connectivity index (χ3v) is 4.55. The number of hydrogen-bond acceptors (Lipinski definition) is 6. The molecule has 0 fully saturated rings. The number of esters is 1. The summed E-state index contributed by atoms with van der Waals surface area (Å²) in [6, 6.07) is 9.93. The Kier molecular flexibility index (Phi) is 5.28. The molecule has 1 N–H and O–H groups in total. The van der Waals surface area contributed by atoms with Gasteiger partial charge in [0.05, 0.1) is 17.2 Å².